The first-order valence-corrected chi connectivity index (χ1v) is 12.5. The molecule has 184 valence electrons. The van der Waals surface area contributed by atoms with Crippen molar-refractivity contribution < 1.29 is 19.1 Å². The van der Waals surface area contributed by atoms with E-state index in [4.69, 9.17) is 14.5 Å². The van der Waals surface area contributed by atoms with Crippen LogP contribution < -0.4 is 4.90 Å². The molecule has 0 N–H and O–H groups in total. The Kier molecular flexibility index (Phi) is 6.60. The number of carbonyl (C=O) groups excluding carboxylic acids is 2. The summed E-state index contributed by atoms with van der Waals surface area (Å²) in [4.78, 5) is 31.7. The normalized spacial score (nSPS) is 20.9. The van der Waals surface area contributed by atoms with E-state index in [0.29, 0.717) is 13.0 Å². The first-order chi connectivity index (χ1) is 17.0. The lowest BCUT2D eigenvalue weighted by Crippen LogP contribution is -2.42. The summed E-state index contributed by atoms with van der Waals surface area (Å²) in [5, 5.41) is 0. The van der Waals surface area contributed by atoms with Gasteiger partial charge in [-0.05, 0) is 57.2 Å². The van der Waals surface area contributed by atoms with Gasteiger partial charge in [-0.15, -0.1) is 0 Å². The molecule has 0 saturated carbocycles. The van der Waals surface area contributed by atoms with Gasteiger partial charge < -0.3 is 18.8 Å². The first kappa shape index (κ1) is 23.5. The Balaban J connectivity index is 1.63. The minimum atomic E-state index is -0.349. The highest BCUT2D eigenvalue weighted by Crippen LogP contribution is 2.38. The van der Waals surface area contributed by atoms with Crippen molar-refractivity contribution in [3.63, 3.8) is 0 Å². The van der Waals surface area contributed by atoms with Gasteiger partial charge in [-0.1, -0.05) is 29.8 Å². The van der Waals surface area contributed by atoms with Crippen LogP contribution in [-0.2, 0) is 27.1 Å². The third kappa shape index (κ3) is 4.33. The molecule has 5 rings (SSSR count). The molecule has 3 heterocycles. The van der Waals surface area contributed by atoms with Gasteiger partial charge in [0.25, 0.3) is 0 Å². The van der Waals surface area contributed by atoms with Crippen LogP contribution in [0.15, 0.2) is 36.4 Å². The van der Waals surface area contributed by atoms with Crippen LogP contribution in [0.3, 0.4) is 0 Å². The maximum Gasteiger partial charge on any atom is 0.414 e. The van der Waals surface area contributed by atoms with Crippen LogP contribution in [0.4, 0.5) is 10.5 Å². The molecule has 1 aromatic heterocycles. The molecular weight excluding hydrogens is 442 g/mol. The van der Waals surface area contributed by atoms with Crippen molar-refractivity contribution >= 4 is 29.1 Å². The van der Waals surface area contributed by atoms with Gasteiger partial charge in [-0.3, -0.25) is 4.90 Å². The third-order valence-corrected chi connectivity index (χ3v) is 7.44. The summed E-state index contributed by atoms with van der Waals surface area (Å²) in [5.41, 5.74) is 6.03. The summed E-state index contributed by atoms with van der Waals surface area (Å²) in [6, 6.07) is 12.4. The number of aryl methyl sites for hydroxylation is 2. The minimum absolute atomic E-state index is 0.0569. The number of fused-ring (bicyclic) bond motifs is 3. The molecule has 0 bridgehead atoms. The number of aromatic nitrogens is 2. The highest BCUT2D eigenvalue weighted by molar-refractivity contribution is 5.95. The Hall–Kier alpha value is -3.19. The highest BCUT2D eigenvalue weighted by atomic mass is 16.5. The van der Waals surface area contributed by atoms with E-state index in [1.165, 1.54) is 7.11 Å². The zero-order chi connectivity index (χ0) is 24.5. The largest absolute Gasteiger partial charge is 0.452 e. The number of benzene rings is 2. The molecule has 0 aliphatic carbocycles. The summed E-state index contributed by atoms with van der Waals surface area (Å²) >= 11 is 0. The van der Waals surface area contributed by atoms with Crippen LogP contribution in [0.25, 0.3) is 11.0 Å². The van der Waals surface area contributed by atoms with Crippen molar-refractivity contribution in [2.24, 2.45) is 0 Å². The number of hydrogen-bond acceptors (Lipinski definition) is 5. The van der Waals surface area contributed by atoms with Crippen LogP contribution in [0.2, 0.25) is 0 Å². The van der Waals surface area contributed by atoms with Gasteiger partial charge >= 0.3 is 6.09 Å². The van der Waals surface area contributed by atoms with Gasteiger partial charge in [0, 0.05) is 30.6 Å². The standard InChI is InChI=1S/C28H33N3O4/c1-18-6-4-7-20(14-18)21(16-32)15-26-29-27-23-10-9-19(2)30(28(33)34-3)24(23)11-12-25(27)31(26)22-8-5-13-35-17-22/h4,6-7,11-12,14,16,19,21-22H,5,8-10,13,15,17H2,1-3H3. The molecule has 0 spiro atoms. The molecule has 1 amide bonds. The lowest BCUT2D eigenvalue weighted by molar-refractivity contribution is -0.109. The zero-order valence-corrected chi connectivity index (χ0v) is 20.7. The number of ether oxygens (including phenoxy) is 2. The number of rotatable bonds is 5. The van der Waals surface area contributed by atoms with Gasteiger partial charge in [-0.2, -0.15) is 0 Å². The van der Waals surface area contributed by atoms with Gasteiger partial charge in [-0.25, -0.2) is 9.78 Å². The number of methoxy groups -OCH3 is 1. The maximum absolute atomic E-state index is 12.6. The molecule has 7 heteroatoms. The summed E-state index contributed by atoms with van der Waals surface area (Å²) in [6.45, 7) is 5.50. The summed E-state index contributed by atoms with van der Waals surface area (Å²) in [5.74, 6) is 0.614. The van der Waals surface area contributed by atoms with Gasteiger partial charge in [0.1, 0.15) is 12.1 Å². The van der Waals surface area contributed by atoms with Gasteiger partial charge in [0.2, 0.25) is 0 Å². The molecule has 2 aliphatic rings. The fourth-order valence-corrected chi connectivity index (χ4v) is 5.64. The first-order valence-electron chi connectivity index (χ1n) is 12.5. The van der Waals surface area contributed by atoms with E-state index in [-0.39, 0.29) is 24.1 Å². The Morgan fingerprint density at radius 2 is 2.14 bits per heavy atom. The van der Waals surface area contributed by atoms with Crippen LogP contribution in [-0.4, -0.2) is 48.3 Å². The molecule has 2 aliphatic heterocycles. The number of imidazole rings is 1. The fourth-order valence-electron chi connectivity index (χ4n) is 5.64. The van der Waals surface area contributed by atoms with E-state index >= 15 is 0 Å². The number of aldehydes is 1. The number of hydrogen-bond donors (Lipinski definition) is 0. The second-order valence-electron chi connectivity index (χ2n) is 9.79. The quantitative estimate of drug-likeness (QED) is 0.479. The zero-order valence-electron chi connectivity index (χ0n) is 20.7. The third-order valence-electron chi connectivity index (χ3n) is 7.44. The lowest BCUT2D eigenvalue weighted by atomic mass is 9.95. The summed E-state index contributed by atoms with van der Waals surface area (Å²) < 4.78 is 13.2. The lowest BCUT2D eigenvalue weighted by Gasteiger charge is -2.34. The summed E-state index contributed by atoms with van der Waals surface area (Å²) in [6.07, 6.45) is 4.90. The maximum atomic E-state index is 12.6. The van der Waals surface area contributed by atoms with Crippen molar-refractivity contribution in [1.82, 2.24) is 9.55 Å². The Labute approximate surface area is 206 Å². The van der Waals surface area contributed by atoms with Crippen LogP contribution in [0.5, 0.6) is 0 Å². The second kappa shape index (κ2) is 9.82. The van der Waals surface area contributed by atoms with E-state index in [1.54, 1.807) is 4.90 Å². The molecule has 0 radical (unpaired) electrons. The van der Waals surface area contributed by atoms with Crippen molar-refractivity contribution in [1.29, 1.82) is 0 Å². The number of amides is 1. The Morgan fingerprint density at radius 3 is 2.86 bits per heavy atom. The van der Waals surface area contributed by atoms with Gasteiger partial charge in [0.15, 0.2) is 0 Å². The molecule has 3 unspecified atom stereocenters. The second-order valence-corrected chi connectivity index (χ2v) is 9.79. The van der Waals surface area contributed by atoms with E-state index in [2.05, 4.69) is 16.7 Å². The Bertz CT molecular complexity index is 1240. The molecule has 1 fully saturated rings. The number of carbonyl (C=O) groups is 2. The van der Waals surface area contributed by atoms with E-state index in [9.17, 15) is 9.59 Å². The average Bonchev–Trinajstić information content (AvgIpc) is 3.25. The molecule has 3 aromatic rings. The minimum Gasteiger partial charge on any atom is -0.452 e. The average molecular weight is 476 g/mol. The van der Waals surface area contributed by atoms with Crippen molar-refractivity contribution in [3.05, 3.63) is 58.9 Å². The van der Waals surface area contributed by atoms with Crippen LogP contribution >= 0.6 is 0 Å². The van der Waals surface area contributed by atoms with Gasteiger partial charge in [0.05, 0.1) is 36.5 Å². The Morgan fingerprint density at radius 1 is 1.29 bits per heavy atom. The van der Waals surface area contributed by atoms with Crippen LogP contribution in [0, 0.1) is 6.92 Å². The predicted octanol–water partition coefficient (Wildman–Crippen LogP) is 5.13. The fraction of sp³-hybridized carbons (Fsp3) is 0.464. The number of anilines is 1. The van der Waals surface area contributed by atoms with Crippen molar-refractivity contribution in [2.75, 3.05) is 25.2 Å². The molecule has 7 nitrogen and oxygen atoms in total. The smallest absolute Gasteiger partial charge is 0.414 e. The monoisotopic (exact) mass is 475 g/mol. The van der Waals surface area contributed by atoms with Crippen molar-refractivity contribution in [3.8, 4) is 0 Å². The molecule has 3 atom stereocenters. The van der Waals surface area contributed by atoms with E-state index < -0.39 is 0 Å². The van der Waals surface area contributed by atoms with Crippen LogP contribution in [0.1, 0.15) is 60.7 Å². The molecular formula is C28H33N3O4. The molecule has 1 saturated heterocycles. The molecule has 2 aromatic carbocycles. The molecule has 35 heavy (non-hydrogen) atoms. The predicted molar refractivity (Wildman–Crippen MR) is 135 cm³/mol. The number of nitrogens with zero attached hydrogens (tertiary/aromatic N) is 3. The summed E-state index contributed by atoms with van der Waals surface area (Å²) in [7, 11) is 1.42. The van der Waals surface area contributed by atoms with Crippen molar-refractivity contribution in [2.45, 2.75) is 64.0 Å². The van der Waals surface area contributed by atoms with E-state index in [1.807, 2.05) is 38.1 Å². The topological polar surface area (TPSA) is 73.7 Å². The highest BCUT2D eigenvalue weighted by Gasteiger charge is 2.32. The van der Waals surface area contributed by atoms with E-state index in [0.717, 1.165) is 77.8 Å². The SMILES string of the molecule is COC(=O)N1c2ccc3c(nc(CC(C=O)c4cccc(C)c4)n3C3CCCOC3)c2CCC1C.